The molecule has 2 aliphatic rings. The third kappa shape index (κ3) is 3.65. The van der Waals surface area contributed by atoms with Gasteiger partial charge in [-0.2, -0.15) is 0 Å². The predicted octanol–water partition coefficient (Wildman–Crippen LogP) is 11.6. The van der Waals surface area contributed by atoms with Crippen molar-refractivity contribution in [1.29, 1.82) is 0 Å². The molecule has 0 unspecified atom stereocenters. The molecule has 0 bridgehead atoms. The smallest absolute Gasteiger partial charge is 0.0666 e. The number of nitrogens with zero attached hydrogens (tertiary/aromatic N) is 1. The third-order valence-corrected chi connectivity index (χ3v) is 11.2. The molecule has 0 radical (unpaired) electrons. The van der Waals surface area contributed by atoms with Gasteiger partial charge >= 0.3 is 0 Å². The number of benzene rings is 5. The second-order valence-corrected chi connectivity index (χ2v) is 15.4. The minimum absolute atomic E-state index is 0.0526. The van der Waals surface area contributed by atoms with Gasteiger partial charge in [0.1, 0.15) is 0 Å². The van der Waals surface area contributed by atoms with E-state index in [0.717, 1.165) is 0 Å². The van der Waals surface area contributed by atoms with E-state index in [1.807, 2.05) is 11.3 Å². The van der Waals surface area contributed by atoms with Crippen molar-refractivity contribution in [3.63, 3.8) is 0 Å². The third-order valence-electron chi connectivity index (χ3n) is 9.38. The van der Waals surface area contributed by atoms with Crippen molar-refractivity contribution in [2.24, 2.45) is 0 Å². The van der Waals surface area contributed by atoms with Crippen LogP contribution in [-0.2, 0) is 10.8 Å². The van der Waals surface area contributed by atoms with Crippen LogP contribution in [0.5, 0.6) is 0 Å². The molecule has 0 saturated carbocycles. The summed E-state index contributed by atoms with van der Waals surface area (Å²) in [7, 11) is 0. The summed E-state index contributed by atoms with van der Waals surface area (Å²) in [6, 6.07) is 41.1. The largest absolute Gasteiger partial charge is 0.310 e. The Balaban J connectivity index is 1.34. The van der Waals surface area contributed by atoms with Crippen LogP contribution in [0.25, 0.3) is 32.3 Å². The molecular weight excluding hydrogens is 629 g/mol. The van der Waals surface area contributed by atoms with Crippen LogP contribution in [-0.4, -0.2) is 0 Å². The van der Waals surface area contributed by atoms with E-state index in [4.69, 9.17) is 0 Å². The first-order valence-electron chi connectivity index (χ1n) is 14.2. The van der Waals surface area contributed by atoms with Crippen LogP contribution in [0.3, 0.4) is 0 Å². The highest BCUT2D eigenvalue weighted by atomic mass is 127. The molecule has 0 saturated heterocycles. The maximum absolute atomic E-state index is 2.46. The second-order valence-electron chi connectivity index (χ2n) is 12.4. The molecule has 1 nitrogen and oxygen atoms in total. The van der Waals surface area contributed by atoms with Crippen LogP contribution in [0.15, 0.2) is 109 Å². The first-order chi connectivity index (χ1) is 19.7. The summed E-state index contributed by atoms with van der Waals surface area (Å²) in [5.74, 6) is 0. The summed E-state index contributed by atoms with van der Waals surface area (Å²) < 4.78 is 2.63. The highest BCUT2D eigenvalue weighted by Gasteiger charge is 2.37. The zero-order valence-electron chi connectivity index (χ0n) is 23.6. The molecule has 8 rings (SSSR count). The summed E-state index contributed by atoms with van der Waals surface area (Å²) in [4.78, 5) is 2.46. The van der Waals surface area contributed by atoms with E-state index in [2.05, 4.69) is 164 Å². The summed E-state index contributed by atoms with van der Waals surface area (Å²) in [5.41, 5.74) is 14.5. The lowest BCUT2D eigenvalue weighted by atomic mass is 9.82. The van der Waals surface area contributed by atoms with Crippen molar-refractivity contribution in [1.82, 2.24) is 0 Å². The Hall–Kier alpha value is -3.41. The minimum atomic E-state index is -0.0526. The van der Waals surface area contributed by atoms with Crippen LogP contribution in [0.4, 0.5) is 17.1 Å². The fourth-order valence-electron chi connectivity index (χ4n) is 7.24. The van der Waals surface area contributed by atoms with Crippen LogP contribution >= 0.6 is 33.9 Å². The standard InChI is InChI=1S/C38H30INS/c1-37(2)31-11-7-5-9-27(31)29-17-15-24(20-33(29)37)40(26-14-13-23-19-36(39)41-35(23)22-26)25-16-18-30-28-10-6-8-12-32(28)38(3,4)34(30)21-25/h5-22H,1-4H3. The Bertz CT molecular complexity index is 1920. The van der Waals surface area contributed by atoms with E-state index in [1.165, 1.54) is 74.5 Å². The average Bonchev–Trinajstić information content (AvgIpc) is 3.54. The Kier molecular flexibility index (Phi) is 5.43. The Morgan fingerprint density at radius 2 is 0.976 bits per heavy atom. The van der Waals surface area contributed by atoms with Crippen molar-refractivity contribution >= 4 is 61.1 Å². The van der Waals surface area contributed by atoms with Gasteiger partial charge in [0.05, 0.1) is 2.88 Å². The quantitative estimate of drug-likeness (QED) is 0.171. The average molecular weight is 660 g/mol. The molecule has 0 atom stereocenters. The van der Waals surface area contributed by atoms with E-state index >= 15 is 0 Å². The molecule has 0 amide bonds. The van der Waals surface area contributed by atoms with Crippen molar-refractivity contribution in [3.05, 3.63) is 134 Å². The fourth-order valence-corrected chi connectivity index (χ4v) is 9.10. The molecule has 0 spiro atoms. The Morgan fingerprint density at radius 1 is 0.512 bits per heavy atom. The predicted molar refractivity (Wildman–Crippen MR) is 184 cm³/mol. The first kappa shape index (κ1) is 25.3. The number of anilines is 3. The van der Waals surface area contributed by atoms with E-state index < -0.39 is 0 Å². The number of fused-ring (bicyclic) bond motifs is 7. The number of hydrogen-bond acceptors (Lipinski definition) is 2. The van der Waals surface area contributed by atoms with Gasteiger partial charge in [-0.1, -0.05) is 94.4 Å². The molecule has 0 N–H and O–H groups in total. The zero-order valence-corrected chi connectivity index (χ0v) is 26.6. The van der Waals surface area contributed by atoms with E-state index in [-0.39, 0.29) is 10.8 Å². The summed E-state index contributed by atoms with van der Waals surface area (Å²) in [6.07, 6.45) is 0. The van der Waals surface area contributed by atoms with Gasteiger partial charge in [0, 0.05) is 32.6 Å². The summed E-state index contributed by atoms with van der Waals surface area (Å²) >= 11 is 4.29. The Labute approximate surface area is 259 Å². The van der Waals surface area contributed by atoms with Crippen LogP contribution in [0.2, 0.25) is 0 Å². The van der Waals surface area contributed by atoms with Crippen molar-refractivity contribution in [3.8, 4) is 22.3 Å². The van der Waals surface area contributed by atoms with Gasteiger partial charge in [-0.15, -0.1) is 11.3 Å². The van der Waals surface area contributed by atoms with Gasteiger partial charge in [0.2, 0.25) is 0 Å². The van der Waals surface area contributed by atoms with Crippen LogP contribution < -0.4 is 4.90 Å². The van der Waals surface area contributed by atoms with Crippen molar-refractivity contribution in [2.75, 3.05) is 4.90 Å². The van der Waals surface area contributed by atoms with Crippen molar-refractivity contribution < 1.29 is 0 Å². The first-order valence-corrected chi connectivity index (χ1v) is 16.1. The van der Waals surface area contributed by atoms with Gasteiger partial charge in [0.15, 0.2) is 0 Å². The van der Waals surface area contributed by atoms with E-state index in [9.17, 15) is 0 Å². The van der Waals surface area contributed by atoms with Gasteiger partial charge in [-0.25, -0.2) is 0 Å². The van der Waals surface area contributed by atoms with Crippen LogP contribution in [0, 0.1) is 2.88 Å². The van der Waals surface area contributed by atoms with Crippen LogP contribution in [0.1, 0.15) is 49.9 Å². The number of rotatable bonds is 3. The molecule has 200 valence electrons. The van der Waals surface area contributed by atoms with E-state index in [1.54, 1.807) is 0 Å². The van der Waals surface area contributed by atoms with Gasteiger partial charge in [-0.05, 0) is 115 Å². The maximum atomic E-state index is 2.46. The normalized spacial score (nSPS) is 15.3. The SMILES string of the molecule is CC1(C)c2ccccc2-c2ccc(N(c3ccc4c(c3)C(C)(C)c3ccccc3-4)c3ccc4cc(I)sc4c3)cc21. The van der Waals surface area contributed by atoms with Gasteiger partial charge in [0.25, 0.3) is 0 Å². The topological polar surface area (TPSA) is 3.24 Å². The summed E-state index contributed by atoms with van der Waals surface area (Å²) in [5, 5.41) is 1.30. The summed E-state index contributed by atoms with van der Waals surface area (Å²) in [6.45, 7) is 9.45. The molecule has 1 heterocycles. The number of thiophene rings is 1. The number of hydrogen-bond donors (Lipinski definition) is 0. The van der Waals surface area contributed by atoms with Gasteiger partial charge in [-0.3, -0.25) is 0 Å². The second kappa shape index (κ2) is 8.80. The lowest BCUT2D eigenvalue weighted by Crippen LogP contribution is -2.18. The monoisotopic (exact) mass is 659 g/mol. The molecule has 41 heavy (non-hydrogen) atoms. The van der Waals surface area contributed by atoms with Gasteiger partial charge < -0.3 is 4.90 Å². The highest BCUT2D eigenvalue weighted by molar-refractivity contribution is 14.1. The highest BCUT2D eigenvalue weighted by Crippen LogP contribution is 2.53. The molecular formula is C38H30INS. The number of halogens is 1. The lowest BCUT2D eigenvalue weighted by molar-refractivity contribution is 0.660. The molecule has 6 aromatic rings. The molecule has 2 aliphatic carbocycles. The van der Waals surface area contributed by atoms with Crippen molar-refractivity contribution in [2.45, 2.75) is 38.5 Å². The fraction of sp³-hybridized carbons (Fsp3) is 0.158. The molecule has 1 aromatic heterocycles. The Morgan fingerprint density at radius 3 is 1.54 bits per heavy atom. The van der Waals surface area contributed by atoms with E-state index in [0.29, 0.717) is 0 Å². The minimum Gasteiger partial charge on any atom is -0.310 e. The molecule has 0 aliphatic heterocycles. The molecule has 5 aromatic carbocycles. The maximum Gasteiger partial charge on any atom is 0.0666 e. The molecule has 0 fully saturated rings. The zero-order chi connectivity index (χ0) is 28.1. The lowest BCUT2D eigenvalue weighted by Gasteiger charge is -2.29. The molecule has 3 heteroatoms.